The third-order valence-corrected chi connectivity index (χ3v) is 3.46. The minimum absolute atomic E-state index is 0.0541. The molecule has 1 amide bonds. The third-order valence-electron chi connectivity index (χ3n) is 2.96. The minimum atomic E-state index is -1.23. The summed E-state index contributed by atoms with van der Waals surface area (Å²) in [6, 6.07) is 2.61. The summed E-state index contributed by atoms with van der Waals surface area (Å²) < 4.78 is 5.48. The number of carbonyl (C=O) groups excluding carboxylic acids is 1. The molecule has 0 aliphatic rings. The molecule has 116 valence electrons. The number of amides is 1. The van der Waals surface area contributed by atoms with Gasteiger partial charge in [-0.2, -0.15) is 0 Å². The first-order chi connectivity index (χ1) is 9.81. The maximum Gasteiger partial charge on any atom is 0.339 e. The SMILES string of the molecule is CCN(CC)C(=O)C(C)Oc1c(Cl)cc(Cl)cc1C(=O)O. The molecule has 0 saturated heterocycles. The van der Waals surface area contributed by atoms with Crippen LogP contribution in [0.3, 0.4) is 0 Å². The normalized spacial score (nSPS) is 11.9. The van der Waals surface area contributed by atoms with Gasteiger partial charge in [0.25, 0.3) is 5.91 Å². The first-order valence-corrected chi connectivity index (χ1v) is 7.25. The number of aromatic carboxylic acids is 1. The fourth-order valence-electron chi connectivity index (χ4n) is 1.86. The highest BCUT2D eigenvalue weighted by atomic mass is 35.5. The molecule has 0 fully saturated rings. The van der Waals surface area contributed by atoms with Crippen molar-refractivity contribution in [3.8, 4) is 5.75 Å². The Morgan fingerprint density at radius 2 is 1.86 bits per heavy atom. The van der Waals surface area contributed by atoms with Gasteiger partial charge in [0.15, 0.2) is 11.9 Å². The van der Waals surface area contributed by atoms with Crippen molar-refractivity contribution in [3.05, 3.63) is 27.7 Å². The first-order valence-electron chi connectivity index (χ1n) is 6.49. The number of benzene rings is 1. The number of carboxylic acids is 1. The van der Waals surface area contributed by atoms with E-state index in [9.17, 15) is 14.7 Å². The Morgan fingerprint density at radius 1 is 1.29 bits per heavy atom. The number of nitrogens with zero attached hydrogens (tertiary/aromatic N) is 1. The molecule has 1 aromatic rings. The molecular formula is C14H17Cl2NO4. The van der Waals surface area contributed by atoms with Gasteiger partial charge in [-0.15, -0.1) is 0 Å². The zero-order valence-electron chi connectivity index (χ0n) is 12.0. The van der Waals surface area contributed by atoms with Crippen LogP contribution >= 0.6 is 23.2 Å². The van der Waals surface area contributed by atoms with Gasteiger partial charge in [-0.1, -0.05) is 23.2 Å². The molecule has 0 saturated carbocycles. The van der Waals surface area contributed by atoms with Crippen LogP contribution in [0.15, 0.2) is 12.1 Å². The van der Waals surface area contributed by atoms with Crippen LogP contribution in [-0.4, -0.2) is 41.1 Å². The molecule has 0 bridgehead atoms. The van der Waals surface area contributed by atoms with Gasteiger partial charge in [0.2, 0.25) is 0 Å². The van der Waals surface area contributed by atoms with Crippen LogP contribution < -0.4 is 4.74 Å². The van der Waals surface area contributed by atoms with Crippen LogP contribution in [0.1, 0.15) is 31.1 Å². The molecule has 21 heavy (non-hydrogen) atoms. The number of hydrogen-bond acceptors (Lipinski definition) is 3. The van der Waals surface area contributed by atoms with Crippen LogP contribution in [0.2, 0.25) is 10.0 Å². The largest absolute Gasteiger partial charge is 0.478 e. The predicted octanol–water partition coefficient (Wildman–Crippen LogP) is 3.33. The van der Waals surface area contributed by atoms with Crippen molar-refractivity contribution < 1.29 is 19.4 Å². The molecule has 0 aliphatic carbocycles. The minimum Gasteiger partial charge on any atom is -0.478 e. The lowest BCUT2D eigenvalue weighted by Gasteiger charge is -2.24. The van der Waals surface area contributed by atoms with Crippen molar-refractivity contribution in [2.24, 2.45) is 0 Å². The molecule has 0 aromatic heterocycles. The predicted molar refractivity (Wildman–Crippen MR) is 81.4 cm³/mol. The Morgan fingerprint density at radius 3 is 2.33 bits per heavy atom. The van der Waals surface area contributed by atoms with E-state index >= 15 is 0 Å². The van der Waals surface area contributed by atoms with Gasteiger partial charge >= 0.3 is 5.97 Å². The van der Waals surface area contributed by atoms with E-state index in [1.807, 2.05) is 13.8 Å². The zero-order chi connectivity index (χ0) is 16.2. The number of halogens is 2. The van der Waals surface area contributed by atoms with Crippen LogP contribution in [-0.2, 0) is 4.79 Å². The van der Waals surface area contributed by atoms with Crippen LogP contribution in [0, 0.1) is 0 Å². The van der Waals surface area contributed by atoms with Crippen molar-refractivity contribution >= 4 is 35.1 Å². The molecule has 1 aromatic carbocycles. The summed E-state index contributed by atoms with van der Waals surface area (Å²) >= 11 is 11.8. The number of likely N-dealkylation sites (N-methyl/N-ethyl adjacent to an activating group) is 1. The van der Waals surface area contributed by atoms with Crippen LogP contribution in [0.4, 0.5) is 0 Å². The van der Waals surface area contributed by atoms with Gasteiger partial charge in [-0.3, -0.25) is 4.79 Å². The van der Waals surface area contributed by atoms with Crippen molar-refractivity contribution in [2.75, 3.05) is 13.1 Å². The Bertz CT molecular complexity index is 544. The van der Waals surface area contributed by atoms with E-state index in [2.05, 4.69) is 0 Å². The average Bonchev–Trinajstić information content (AvgIpc) is 2.42. The monoisotopic (exact) mass is 333 g/mol. The number of ether oxygens (including phenoxy) is 1. The third kappa shape index (κ3) is 4.25. The first kappa shape index (κ1) is 17.6. The maximum absolute atomic E-state index is 12.2. The van der Waals surface area contributed by atoms with Gasteiger partial charge in [0.05, 0.1) is 5.02 Å². The Kier molecular flexibility index (Phi) is 6.30. The summed E-state index contributed by atoms with van der Waals surface area (Å²) in [5.74, 6) is -1.51. The smallest absolute Gasteiger partial charge is 0.339 e. The lowest BCUT2D eigenvalue weighted by atomic mass is 10.2. The fourth-order valence-corrected chi connectivity index (χ4v) is 2.40. The molecule has 0 radical (unpaired) electrons. The number of carboxylic acid groups (broad SMARTS) is 1. The van der Waals surface area contributed by atoms with Crippen LogP contribution in [0.5, 0.6) is 5.75 Å². The number of hydrogen-bond donors (Lipinski definition) is 1. The molecule has 5 nitrogen and oxygen atoms in total. The lowest BCUT2D eigenvalue weighted by Crippen LogP contribution is -2.40. The van der Waals surface area contributed by atoms with E-state index in [0.29, 0.717) is 13.1 Å². The van der Waals surface area contributed by atoms with Gasteiger partial charge in [0, 0.05) is 18.1 Å². The van der Waals surface area contributed by atoms with Gasteiger partial charge in [-0.05, 0) is 32.9 Å². The second kappa shape index (κ2) is 7.52. The van der Waals surface area contributed by atoms with E-state index in [1.54, 1.807) is 11.8 Å². The van der Waals surface area contributed by atoms with E-state index < -0.39 is 12.1 Å². The Labute approximate surface area is 133 Å². The molecule has 1 unspecified atom stereocenters. The summed E-state index contributed by atoms with van der Waals surface area (Å²) in [6.45, 7) is 6.35. The molecule has 1 N–H and O–H groups in total. The average molecular weight is 334 g/mol. The summed E-state index contributed by atoms with van der Waals surface area (Å²) in [5.41, 5.74) is -0.174. The maximum atomic E-state index is 12.2. The second-order valence-electron chi connectivity index (χ2n) is 4.34. The van der Waals surface area contributed by atoms with E-state index in [0.717, 1.165) is 0 Å². The number of carbonyl (C=O) groups is 2. The lowest BCUT2D eigenvalue weighted by molar-refractivity contribution is -0.137. The molecule has 0 spiro atoms. The molecule has 0 aliphatic heterocycles. The van der Waals surface area contributed by atoms with Gasteiger partial charge in [-0.25, -0.2) is 4.79 Å². The molecule has 7 heteroatoms. The molecule has 0 heterocycles. The van der Waals surface area contributed by atoms with Crippen molar-refractivity contribution in [1.82, 2.24) is 4.90 Å². The topological polar surface area (TPSA) is 66.8 Å². The van der Waals surface area contributed by atoms with Crippen molar-refractivity contribution in [2.45, 2.75) is 26.9 Å². The van der Waals surface area contributed by atoms with Gasteiger partial charge < -0.3 is 14.7 Å². The Hall–Kier alpha value is -1.46. The standard InChI is InChI=1S/C14H17Cl2NO4/c1-4-17(5-2)13(18)8(3)21-12-10(14(19)20)6-9(15)7-11(12)16/h6-8H,4-5H2,1-3H3,(H,19,20). The summed E-state index contributed by atoms with van der Waals surface area (Å²) in [7, 11) is 0. The number of rotatable bonds is 6. The van der Waals surface area contributed by atoms with Crippen LogP contribution in [0.25, 0.3) is 0 Å². The highest BCUT2D eigenvalue weighted by Crippen LogP contribution is 2.33. The van der Waals surface area contributed by atoms with Gasteiger partial charge in [0.1, 0.15) is 5.56 Å². The van der Waals surface area contributed by atoms with E-state index in [4.69, 9.17) is 27.9 Å². The van der Waals surface area contributed by atoms with Crippen molar-refractivity contribution in [3.63, 3.8) is 0 Å². The van der Waals surface area contributed by atoms with Crippen molar-refractivity contribution in [1.29, 1.82) is 0 Å². The molecule has 1 rings (SSSR count). The van der Waals surface area contributed by atoms with E-state index in [-0.39, 0.29) is 27.3 Å². The molecule has 1 atom stereocenters. The highest BCUT2D eigenvalue weighted by Gasteiger charge is 2.24. The zero-order valence-corrected chi connectivity index (χ0v) is 13.5. The second-order valence-corrected chi connectivity index (χ2v) is 5.18. The quantitative estimate of drug-likeness (QED) is 0.867. The fraction of sp³-hybridized carbons (Fsp3) is 0.429. The van der Waals surface area contributed by atoms with E-state index in [1.165, 1.54) is 12.1 Å². The Balaban J connectivity index is 3.07. The highest BCUT2D eigenvalue weighted by molar-refractivity contribution is 6.36. The summed E-state index contributed by atoms with van der Waals surface area (Å²) in [6.07, 6.45) is -0.846. The summed E-state index contributed by atoms with van der Waals surface area (Å²) in [5, 5.41) is 9.42. The molecular weight excluding hydrogens is 317 g/mol. The summed E-state index contributed by atoms with van der Waals surface area (Å²) in [4.78, 5) is 25.0.